The Morgan fingerprint density at radius 2 is 1.79 bits per heavy atom. The summed E-state index contributed by atoms with van der Waals surface area (Å²) in [5.41, 5.74) is 2.51. The minimum absolute atomic E-state index is 0.249. The highest BCUT2D eigenvalue weighted by Gasteiger charge is 2.43. The van der Waals surface area contributed by atoms with Crippen LogP contribution in [0.2, 0.25) is 0 Å². The highest BCUT2D eigenvalue weighted by atomic mass is 19.3. The summed E-state index contributed by atoms with van der Waals surface area (Å²) in [5, 5.41) is 11.7. The molecule has 1 aromatic carbocycles. The van der Waals surface area contributed by atoms with Crippen LogP contribution in [0.5, 0.6) is 0 Å². The van der Waals surface area contributed by atoms with Gasteiger partial charge in [0.1, 0.15) is 11.8 Å². The third-order valence-corrected chi connectivity index (χ3v) is 4.00. The van der Waals surface area contributed by atoms with Crippen molar-refractivity contribution in [1.82, 2.24) is 9.97 Å². The molecule has 144 valence electrons. The SMILES string of the molecule is CC.N#Cc1ccc(Nc2ncc(-c3ccc(N4CC(F)(F)C4)cc3)o2)cn1. The molecule has 3 heterocycles. The summed E-state index contributed by atoms with van der Waals surface area (Å²) in [6, 6.07) is 12.7. The van der Waals surface area contributed by atoms with Crippen molar-refractivity contribution in [2.75, 3.05) is 23.3 Å². The van der Waals surface area contributed by atoms with Gasteiger partial charge < -0.3 is 14.6 Å². The molecule has 28 heavy (non-hydrogen) atoms. The smallest absolute Gasteiger partial charge is 0.299 e. The first-order valence-electron chi connectivity index (χ1n) is 8.85. The number of benzene rings is 1. The zero-order valence-corrected chi connectivity index (χ0v) is 15.5. The van der Waals surface area contributed by atoms with Gasteiger partial charge in [-0.1, -0.05) is 13.8 Å². The Bertz CT molecular complexity index is 954. The van der Waals surface area contributed by atoms with Crippen molar-refractivity contribution < 1.29 is 13.2 Å². The van der Waals surface area contributed by atoms with E-state index in [0.29, 0.717) is 17.1 Å². The molecule has 0 radical (unpaired) electrons. The number of alkyl halides is 2. The molecule has 0 bridgehead atoms. The number of halogens is 2. The third kappa shape index (κ3) is 4.26. The van der Waals surface area contributed by atoms with E-state index in [4.69, 9.17) is 9.68 Å². The summed E-state index contributed by atoms with van der Waals surface area (Å²) in [6.07, 6.45) is 3.09. The lowest BCUT2D eigenvalue weighted by Crippen LogP contribution is -2.56. The van der Waals surface area contributed by atoms with E-state index < -0.39 is 5.92 Å². The van der Waals surface area contributed by atoms with Gasteiger partial charge in [-0.15, -0.1) is 0 Å². The summed E-state index contributed by atoms with van der Waals surface area (Å²) in [7, 11) is 0. The van der Waals surface area contributed by atoms with E-state index in [-0.39, 0.29) is 19.1 Å². The Balaban J connectivity index is 0.00000109. The number of oxazole rings is 1. The van der Waals surface area contributed by atoms with Crippen LogP contribution in [0.3, 0.4) is 0 Å². The molecule has 0 atom stereocenters. The van der Waals surface area contributed by atoms with Crippen molar-refractivity contribution in [3.63, 3.8) is 0 Å². The van der Waals surface area contributed by atoms with Crippen molar-refractivity contribution in [2.45, 2.75) is 19.8 Å². The standard InChI is InChI=1S/C18H13F2N5O.C2H6/c19-18(20)10-25(11-18)15-5-1-12(2-6-15)16-9-23-17(26-16)24-14-4-3-13(7-21)22-8-14;1-2/h1-6,8-9H,10-11H2,(H,23,24);1-2H3. The predicted molar refractivity (Wildman–Crippen MR) is 103 cm³/mol. The third-order valence-electron chi connectivity index (χ3n) is 4.00. The first kappa shape index (κ1) is 19.3. The van der Waals surface area contributed by atoms with Crippen molar-refractivity contribution in [1.29, 1.82) is 5.26 Å². The van der Waals surface area contributed by atoms with Gasteiger partial charge in [0.2, 0.25) is 0 Å². The van der Waals surface area contributed by atoms with Crippen LogP contribution in [0.25, 0.3) is 11.3 Å². The fourth-order valence-corrected chi connectivity index (χ4v) is 2.65. The Labute approximate surface area is 161 Å². The lowest BCUT2D eigenvalue weighted by molar-refractivity contribution is -0.0262. The minimum Gasteiger partial charge on any atom is -0.423 e. The number of nitrogens with zero attached hydrogens (tertiary/aromatic N) is 4. The van der Waals surface area contributed by atoms with Crippen molar-refractivity contribution >= 4 is 17.4 Å². The molecule has 1 fully saturated rings. The second kappa shape index (κ2) is 8.05. The minimum atomic E-state index is -2.59. The monoisotopic (exact) mass is 383 g/mol. The molecular weight excluding hydrogens is 364 g/mol. The van der Waals surface area contributed by atoms with Crippen LogP contribution in [0.4, 0.5) is 26.2 Å². The summed E-state index contributed by atoms with van der Waals surface area (Å²) >= 11 is 0. The first-order valence-corrected chi connectivity index (χ1v) is 8.85. The molecule has 6 nitrogen and oxygen atoms in total. The van der Waals surface area contributed by atoms with Crippen LogP contribution in [-0.2, 0) is 0 Å². The molecule has 0 unspecified atom stereocenters. The highest BCUT2D eigenvalue weighted by molar-refractivity contribution is 5.63. The van der Waals surface area contributed by atoms with Crippen LogP contribution >= 0.6 is 0 Å². The van der Waals surface area contributed by atoms with E-state index >= 15 is 0 Å². The summed E-state index contributed by atoms with van der Waals surface area (Å²) < 4.78 is 31.6. The molecule has 1 N–H and O–H groups in total. The molecule has 0 saturated carbocycles. The Kier molecular flexibility index (Phi) is 5.54. The lowest BCUT2D eigenvalue weighted by atomic mass is 10.1. The van der Waals surface area contributed by atoms with Gasteiger partial charge >= 0.3 is 0 Å². The van der Waals surface area contributed by atoms with Gasteiger partial charge in [-0.25, -0.2) is 18.7 Å². The molecule has 1 aliphatic rings. The normalized spacial score (nSPS) is 14.3. The molecule has 1 saturated heterocycles. The lowest BCUT2D eigenvalue weighted by Gasteiger charge is -2.40. The number of rotatable bonds is 4. The maximum absolute atomic E-state index is 13.0. The molecule has 0 amide bonds. The van der Waals surface area contributed by atoms with Crippen LogP contribution in [0.15, 0.2) is 53.2 Å². The fourth-order valence-electron chi connectivity index (χ4n) is 2.65. The van der Waals surface area contributed by atoms with Gasteiger partial charge in [0.05, 0.1) is 31.2 Å². The maximum Gasteiger partial charge on any atom is 0.299 e. The van der Waals surface area contributed by atoms with Gasteiger partial charge in [-0.3, -0.25) is 0 Å². The van der Waals surface area contributed by atoms with Crippen LogP contribution in [0, 0.1) is 11.3 Å². The van der Waals surface area contributed by atoms with E-state index in [2.05, 4.69) is 15.3 Å². The van der Waals surface area contributed by atoms with Gasteiger partial charge in [0.25, 0.3) is 11.9 Å². The van der Waals surface area contributed by atoms with Gasteiger partial charge in [0, 0.05) is 11.3 Å². The molecular formula is C20H19F2N5O. The van der Waals surface area contributed by atoms with Gasteiger partial charge in [-0.05, 0) is 36.4 Å². The van der Waals surface area contributed by atoms with E-state index in [1.165, 1.54) is 6.20 Å². The topological polar surface area (TPSA) is 78.0 Å². The first-order chi connectivity index (χ1) is 13.5. The highest BCUT2D eigenvalue weighted by Crippen LogP contribution is 2.33. The van der Waals surface area contributed by atoms with Crippen LogP contribution < -0.4 is 10.2 Å². The average molecular weight is 383 g/mol. The Morgan fingerprint density at radius 3 is 2.36 bits per heavy atom. The molecule has 0 spiro atoms. The molecule has 2 aromatic heterocycles. The number of hydrogen-bond donors (Lipinski definition) is 1. The summed E-state index contributed by atoms with van der Waals surface area (Å²) in [6.45, 7) is 3.50. The van der Waals surface area contributed by atoms with Gasteiger partial charge in [-0.2, -0.15) is 5.26 Å². The summed E-state index contributed by atoms with van der Waals surface area (Å²) in [5.74, 6) is -2.04. The van der Waals surface area contributed by atoms with E-state index in [9.17, 15) is 8.78 Å². The van der Waals surface area contributed by atoms with Gasteiger partial charge in [0.15, 0.2) is 5.76 Å². The van der Waals surface area contributed by atoms with E-state index in [1.54, 1.807) is 47.5 Å². The number of aromatic nitrogens is 2. The number of nitriles is 1. The summed E-state index contributed by atoms with van der Waals surface area (Å²) in [4.78, 5) is 9.73. The molecule has 0 aliphatic carbocycles. The predicted octanol–water partition coefficient (Wildman–Crippen LogP) is 4.83. The fraction of sp³-hybridized carbons (Fsp3) is 0.250. The molecule has 4 rings (SSSR count). The Hall–Kier alpha value is -3.47. The number of nitrogens with one attached hydrogen (secondary N) is 1. The average Bonchev–Trinajstić information content (AvgIpc) is 3.17. The molecule has 3 aromatic rings. The zero-order valence-electron chi connectivity index (χ0n) is 15.5. The van der Waals surface area contributed by atoms with Crippen LogP contribution in [-0.4, -0.2) is 29.0 Å². The number of hydrogen-bond acceptors (Lipinski definition) is 6. The quantitative estimate of drug-likeness (QED) is 0.695. The largest absolute Gasteiger partial charge is 0.423 e. The second-order valence-electron chi connectivity index (χ2n) is 5.96. The van der Waals surface area contributed by atoms with Crippen LogP contribution in [0.1, 0.15) is 19.5 Å². The van der Waals surface area contributed by atoms with E-state index in [1.807, 2.05) is 19.9 Å². The Morgan fingerprint density at radius 1 is 1.07 bits per heavy atom. The molecule has 8 heteroatoms. The van der Waals surface area contributed by atoms with E-state index in [0.717, 1.165) is 11.3 Å². The second-order valence-corrected chi connectivity index (χ2v) is 5.96. The van der Waals surface area contributed by atoms with Crippen molar-refractivity contribution in [3.8, 4) is 17.4 Å². The number of anilines is 3. The van der Waals surface area contributed by atoms with Crippen molar-refractivity contribution in [3.05, 3.63) is 54.5 Å². The van der Waals surface area contributed by atoms with Crippen molar-refractivity contribution in [2.24, 2.45) is 0 Å². The maximum atomic E-state index is 13.0. The zero-order chi connectivity index (χ0) is 20.1. The number of pyridine rings is 1. The molecule has 1 aliphatic heterocycles.